The second-order valence-electron chi connectivity index (χ2n) is 3.94. The van der Waals surface area contributed by atoms with Crippen LogP contribution in [0.15, 0.2) is 0 Å². The summed E-state index contributed by atoms with van der Waals surface area (Å²) in [5.74, 6) is 0. The molecule has 1 aromatic heterocycles. The van der Waals surface area contributed by atoms with E-state index in [1.54, 1.807) is 0 Å². The second-order valence-corrected chi connectivity index (χ2v) is 3.94. The van der Waals surface area contributed by atoms with Crippen LogP contribution in [0.25, 0.3) is 0 Å². The van der Waals surface area contributed by atoms with Gasteiger partial charge in [-0.3, -0.25) is 10.00 Å². The molecular formula is C10H17N3O. The lowest BCUT2D eigenvalue weighted by Crippen LogP contribution is -2.22. The van der Waals surface area contributed by atoms with Crippen molar-refractivity contribution in [2.45, 2.75) is 25.8 Å². The predicted molar refractivity (Wildman–Crippen MR) is 54.0 cm³/mol. The molecule has 0 saturated carbocycles. The number of hydrogen-bond acceptors (Lipinski definition) is 3. The Hall–Kier alpha value is -0.870. The summed E-state index contributed by atoms with van der Waals surface area (Å²) in [5, 5.41) is 16.2. The van der Waals surface area contributed by atoms with Crippen molar-refractivity contribution in [3.8, 4) is 0 Å². The Balaban J connectivity index is 2.02. The van der Waals surface area contributed by atoms with E-state index in [4.69, 9.17) is 5.11 Å². The fraction of sp³-hybridized carbons (Fsp3) is 0.700. The molecule has 0 fully saturated rings. The molecule has 4 heteroatoms. The van der Waals surface area contributed by atoms with Gasteiger partial charge in [0.25, 0.3) is 0 Å². The number of H-pyrrole nitrogens is 1. The summed E-state index contributed by atoms with van der Waals surface area (Å²) in [7, 11) is 2.01. The fourth-order valence-electron chi connectivity index (χ4n) is 2.02. The molecule has 0 radical (unpaired) electrons. The summed E-state index contributed by atoms with van der Waals surface area (Å²) >= 11 is 0. The smallest absolute Gasteiger partial charge is 0.0796 e. The number of rotatable bonds is 4. The van der Waals surface area contributed by atoms with Gasteiger partial charge in [-0.25, -0.2) is 0 Å². The molecule has 0 atom stereocenters. The predicted octanol–water partition coefficient (Wildman–Crippen LogP) is 0.322. The minimum Gasteiger partial charge on any atom is -0.395 e. The van der Waals surface area contributed by atoms with Gasteiger partial charge < -0.3 is 5.11 Å². The number of nitrogens with one attached hydrogen (secondary N) is 1. The molecule has 2 rings (SSSR count). The van der Waals surface area contributed by atoms with Crippen molar-refractivity contribution < 1.29 is 5.11 Å². The Kier molecular flexibility index (Phi) is 2.84. The Labute approximate surface area is 83.9 Å². The van der Waals surface area contributed by atoms with Crippen LogP contribution in [0.5, 0.6) is 0 Å². The maximum absolute atomic E-state index is 8.79. The van der Waals surface area contributed by atoms with Gasteiger partial charge >= 0.3 is 0 Å². The van der Waals surface area contributed by atoms with Crippen LogP contribution < -0.4 is 0 Å². The van der Waals surface area contributed by atoms with Gasteiger partial charge in [0.2, 0.25) is 0 Å². The van der Waals surface area contributed by atoms with Crippen molar-refractivity contribution in [3.05, 3.63) is 17.0 Å². The second kappa shape index (κ2) is 4.11. The maximum Gasteiger partial charge on any atom is 0.0796 e. The van der Waals surface area contributed by atoms with Crippen molar-refractivity contribution in [2.24, 2.45) is 0 Å². The van der Waals surface area contributed by atoms with E-state index in [1.807, 2.05) is 7.05 Å². The molecule has 4 nitrogen and oxygen atoms in total. The number of nitrogens with zero attached hydrogens (tertiary/aromatic N) is 2. The van der Waals surface area contributed by atoms with Gasteiger partial charge in [0, 0.05) is 18.8 Å². The Morgan fingerprint density at radius 3 is 3.14 bits per heavy atom. The Morgan fingerprint density at radius 2 is 2.36 bits per heavy atom. The number of fused-ring (bicyclic) bond motifs is 1. The van der Waals surface area contributed by atoms with Crippen molar-refractivity contribution in [2.75, 3.05) is 20.2 Å². The normalized spacial score (nSPS) is 15.1. The average Bonchev–Trinajstić information content (AvgIpc) is 2.70. The summed E-state index contributed by atoms with van der Waals surface area (Å²) < 4.78 is 0. The first-order valence-electron chi connectivity index (χ1n) is 5.15. The van der Waals surface area contributed by atoms with E-state index < -0.39 is 0 Å². The number of aliphatic hydroxyl groups excluding tert-OH is 1. The van der Waals surface area contributed by atoms with Crippen molar-refractivity contribution >= 4 is 0 Å². The van der Waals surface area contributed by atoms with Crippen LogP contribution in [0.3, 0.4) is 0 Å². The van der Waals surface area contributed by atoms with Crippen molar-refractivity contribution in [3.63, 3.8) is 0 Å². The molecule has 2 N–H and O–H groups in total. The van der Waals surface area contributed by atoms with Gasteiger partial charge in [-0.15, -0.1) is 0 Å². The third kappa shape index (κ3) is 1.81. The van der Waals surface area contributed by atoms with Crippen LogP contribution in [-0.2, 0) is 19.4 Å². The van der Waals surface area contributed by atoms with Gasteiger partial charge in [-0.05, 0) is 31.9 Å². The quantitative estimate of drug-likeness (QED) is 0.727. The summed E-state index contributed by atoms with van der Waals surface area (Å²) in [6.45, 7) is 1.76. The highest BCUT2D eigenvalue weighted by atomic mass is 16.3. The molecule has 0 spiro atoms. The highest BCUT2D eigenvalue weighted by Crippen LogP contribution is 2.23. The first-order valence-corrected chi connectivity index (χ1v) is 5.15. The topological polar surface area (TPSA) is 52.1 Å². The third-order valence-electron chi connectivity index (χ3n) is 2.79. The first kappa shape index (κ1) is 9.68. The van der Waals surface area contributed by atoms with E-state index in [1.165, 1.54) is 17.7 Å². The molecule has 0 aromatic carbocycles. The summed E-state index contributed by atoms with van der Waals surface area (Å²) in [6.07, 6.45) is 3.56. The van der Waals surface area contributed by atoms with Gasteiger partial charge in [-0.1, -0.05) is 0 Å². The molecule has 0 bridgehead atoms. The van der Waals surface area contributed by atoms with Gasteiger partial charge in [0.15, 0.2) is 0 Å². The highest BCUT2D eigenvalue weighted by Gasteiger charge is 2.18. The zero-order valence-electron chi connectivity index (χ0n) is 8.58. The first-order chi connectivity index (χ1) is 6.81. The molecule has 1 aliphatic rings. The molecular weight excluding hydrogens is 178 g/mol. The Bertz CT molecular complexity index is 308. The average molecular weight is 195 g/mol. The molecule has 1 heterocycles. The van der Waals surface area contributed by atoms with E-state index in [2.05, 4.69) is 15.1 Å². The van der Waals surface area contributed by atoms with Crippen LogP contribution in [0.4, 0.5) is 0 Å². The molecule has 0 saturated heterocycles. The van der Waals surface area contributed by atoms with E-state index >= 15 is 0 Å². The lowest BCUT2D eigenvalue weighted by atomic mass is 10.2. The van der Waals surface area contributed by atoms with Crippen molar-refractivity contribution in [1.82, 2.24) is 15.1 Å². The zero-order chi connectivity index (χ0) is 9.97. The molecule has 0 amide bonds. The van der Waals surface area contributed by atoms with E-state index in [0.29, 0.717) is 6.54 Å². The Morgan fingerprint density at radius 1 is 1.50 bits per heavy atom. The lowest BCUT2D eigenvalue weighted by molar-refractivity contribution is 0.215. The minimum absolute atomic E-state index is 0.211. The summed E-state index contributed by atoms with van der Waals surface area (Å²) in [5.41, 5.74) is 3.89. The largest absolute Gasteiger partial charge is 0.395 e. The minimum atomic E-state index is 0.211. The third-order valence-corrected chi connectivity index (χ3v) is 2.79. The summed E-state index contributed by atoms with van der Waals surface area (Å²) in [4.78, 5) is 2.09. The molecule has 1 aromatic rings. The monoisotopic (exact) mass is 195 g/mol. The van der Waals surface area contributed by atoms with Gasteiger partial charge in [-0.2, -0.15) is 5.10 Å². The molecule has 14 heavy (non-hydrogen) atoms. The SMILES string of the molecule is CN(CCO)Cc1n[nH]c2c1CCC2. The van der Waals surface area contributed by atoms with Crippen LogP contribution in [0.1, 0.15) is 23.4 Å². The number of aromatic nitrogens is 2. The molecule has 0 aliphatic heterocycles. The number of aliphatic hydroxyl groups is 1. The molecule has 0 unspecified atom stereocenters. The molecule has 1 aliphatic carbocycles. The zero-order valence-corrected chi connectivity index (χ0v) is 8.58. The van der Waals surface area contributed by atoms with Crippen LogP contribution >= 0.6 is 0 Å². The standard InChI is InChI=1S/C10H17N3O/c1-13(5-6-14)7-10-8-3-2-4-9(8)11-12-10/h14H,2-7H2,1H3,(H,11,12). The fourth-order valence-corrected chi connectivity index (χ4v) is 2.02. The maximum atomic E-state index is 8.79. The van der Waals surface area contributed by atoms with E-state index in [9.17, 15) is 0 Å². The van der Waals surface area contributed by atoms with Crippen LogP contribution in [0.2, 0.25) is 0 Å². The lowest BCUT2D eigenvalue weighted by Gasteiger charge is -2.13. The van der Waals surface area contributed by atoms with E-state index in [-0.39, 0.29) is 6.61 Å². The highest BCUT2D eigenvalue weighted by molar-refractivity contribution is 5.29. The van der Waals surface area contributed by atoms with Gasteiger partial charge in [0.05, 0.1) is 12.3 Å². The number of likely N-dealkylation sites (N-methyl/N-ethyl adjacent to an activating group) is 1. The summed E-state index contributed by atoms with van der Waals surface area (Å²) in [6, 6.07) is 0. The van der Waals surface area contributed by atoms with Crippen LogP contribution in [-0.4, -0.2) is 40.4 Å². The number of aromatic amines is 1. The van der Waals surface area contributed by atoms with Gasteiger partial charge in [0.1, 0.15) is 0 Å². The van der Waals surface area contributed by atoms with E-state index in [0.717, 1.165) is 25.1 Å². The molecule has 78 valence electrons. The van der Waals surface area contributed by atoms with Crippen molar-refractivity contribution in [1.29, 1.82) is 0 Å². The van der Waals surface area contributed by atoms with Crippen LogP contribution in [0, 0.1) is 0 Å². The number of hydrogen-bond donors (Lipinski definition) is 2. The number of aryl methyl sites for hydroxylation is 1.